The van der Waals surface area contributed by atoms with Crippen molar-refractivity contribution in [1.29, 1.82) is 0 Å². The number of nitrogens with one attached hydrogen (secondary N) is 1. The number of benzene rings is 1. The number of hydrogen-bond acceptors (Lipinski definition) is 7. The number of ether oxygens (including phenoxy) is 2. The van der Waals surface area contributed by atoms with Crippen LogP contribution in [-0.2, 0) is 26.9 Å². The van der Waals surface area contributed by atoms with Gasteiger partial charge in [-0.1, -0.05) is 50.3 Å². The van der Waals surface area contributed by atoms with Crippen LogP contribution in [0.3, 0.4) is 0 Å². The van der Waals surface area contributed by atoms with Crippen molar-refractivity contribution in [3.63, 3.8) is 0 Å². The van der Waals surface area contributed by atoms with Gasteiger partial charge in [0.15, 0.2) is 8.32 Å². The van der Waals surface area contributed by atoms with E-state index < -0.39 is 25.9 Å². The summed E-state index contributed by atoms with van der Waals surface area (Å²) >= 11 is 1.44. The number of amides is 2. The summed E-state index contributed by atoms with van der Waals surface area (Å²) in [5.74, 6) is -0.424. The first-order chi connectivity index (χ1) is 19.5. The standard InChI is InChI=1S/C32H51N3O5SSi/c1-22-12-11-13-24(23(22)2)21-35(26-14-15-26)28(36)25(19-33-29(37)40-31(3,4)5)18-27-20-34-30(41-27)38-16-17-39-42(9,10)32(6,7)8/h11-13,20,25-26H,14-19,21H2,1-10H3,(H,33,37). The van der Waals surface area contributed by atoms with Gasteiger partial charge in [0.2, 0.25) is 5.91 Å². The highest BCUT2D eigenvalue weighted by molar-refractivity contribution is 7.13. The van der Waals surface area contributed by atoms with Crippen LogP contribution in [0.15, 0.2) is 24.4 Å². The summed E-state index contributed by atoms with van der Waals surface area (Å²) < 4.78 is 17.6. The Hall–Kier alpha value is -2.43. The van der Waals surface area contributed by atoms with Crippen LogP contribution >= 0.6 is 11.3 Å². The molecule has 1 saturated carbocycles. The van der Waals surface area contributed by atoms with Gasteiger partial charge in [-0.2, -0.15) is 0 Å². The van der Waals surface area contributed by atoms with Crippen LogP contribution in [-0.4, -0.2) is 61.6 Å². The number of aryl methyl sites for hydroxylation is 1. The van der Waals surface area contributed by atoms with Gasteiger partial charge in [0.25, 0.3) is 5.19 Å². The zero-order valence-corrected chi connectivity index (χ0v) is 29.1. The smallest absolute Gasteiger partial charge is 0.407 e. The summed E-state index contributed by atoms with van der Waals surface area (Å²) in [7, 11) is -1.84. The molecule has 2 amide bonds. The first kappa shape index (κ1) is 34.1. The third kappa shape index (κ3) is 10.1. The van der Waals surface area contributed by atoms with E-state index in [1.165, 1.54) is 22.5 Å². The van der Waals surface area contributed by atoms with Crippen molar-refractivity contribution in [1.82, 2.24) is 15.2 Å². The molecule has 1 aromatic heterocycles. The number of rotatable bonds is 13. The summed E-state index contributed by atoms with van der Waals surface area (Å²) in [6, 6.07) is 6.46. The zero-order chi connectivity index (χ0) is 31.3. The molecule has 1 atom stereocenters. The van der Waals surface area contributed by atoms with E-state index in [1.807, 2.05) is 31.7 Å². The van der Waals surface area contributed by atoms with E-state index >= 15 is 0 Å². The minimum Gasteiger partial charge on any atom is -0.468 e. The average Bonchev–Trinajstić information content (AvgIpc) is 3.61. The molecule has 2 aromatic rings. The van der Waals surface area contributed by atoms with E-state index in [-0.39, 0.29) is 23.5 Å². The minimum absolute atomic E-state index is 0.0353. The first-order valence-electron chi connectivity index (χ1n) is 15.0. The van der Waals surface area contributed by atoms with Crippen molar-refractivity contribution in [2.24, 2.45) is 5.92 Å². The van der Waals surface area contributed by atoms with Crippen LogP contribution < -0.4 is 10.1 Å². The van der Waals surface area contributed by atoms with E-state index in [0.717, 1.165) is 23.3 Å². The Kier molecular flexibility index (Phi) is 11.3. The number of carbonyl (C=O) groups is 2. The maximum absolute atomic E-state index is 14.1. The lowest BCUT2D eigenvalue weighted by atomic mass is 10.00. The molecule has 1 aliphatic rings. The number of nitrogens with zero attached hydrogens (tertiary/aromatic N) is 2. The van der Waals surface area contributed by atoms with Gasteiger partial charge in [-0.15, -0.1) is 0 Å². The molecule has 1 N–H and O–H groups in total. The number of hydrogen-bond donors (Lipinski definition) is 1. The molecule has 0 aliphatic heterocycles. The average molecular weight is 618 g/mol. The van der Waals surface area contributed by atoms with Gasteiger partial charge in [0, 0.05) is 30.2 Å². The molecule has 1 unspecified atom stereocenters. The monoisotopic (exact) mass is 617 g/mol. The SMILES string of the molecule is Cc1cccc(CN(C(=O)C(CNC(=O)OC(C)(C)C)Cc2cnc(OCCO[Si](C)(C)C(C)(C)C)s2)C2CC2)c1C. The molecule has 0 bridgehead atoms. The second kappa shape index (κ2) is 13.9. The number of aromatic nitrogens is 1. The van der Waals surface area contributed by atoms with E-state index in [9.17, 15) is 9.59 Å². The highest BCUT2D eigenvalue weighted by atomic mass is 32.1. The summed E-state index contributed by atoms with van der Waals surface area (Å²) in [5.41, 5.74) is 2.96. The summed E-state index contributed by atoms with van der Waals surface area (Å²) in [6.45, 7) is 22.5. The van der Waals surface area contributed by atoms with Crippen LogP contribution in [0.5, 0.6) is 5.19 Å². The maximum Gasteiger partial charge on any atom is 0.407 e. The lowest BCUT2D eigenvalue weighted by Gasteiger charge is -2.36. The fourth-order valence-electron chi connectivity index (χ4n) is 4.28. The molecule has 1 aliphatic carbocycles. The molecule has 1 fully saturated rings. The second-order valence-electron chi connectivity index (χ2n) is 13.9. The molecule has 10 heteroatoms. The predicted molar refractivity (Wildman–Crippen MR) is 172 cm³/mol. The van der Waals surface area contributed by atoms with Crippen molar-refractivity contribution >= 4 is 31.7 Å². The summed E-state index contributed by atoms with van der Waals surface area (Å²) in [4.78, 5) is 34.0. The molecule has 234 valence electrons. The first-order valence-corrected chi connectivity index (χ1v) is 18.7. The van der Waals surface area contributed by atoms with Gasteiger partial charge in [-0.25, -0.2) is 9.78 Å². The normalized spacial score (nSPS) is 14.8. The Morgan fingerprint density at radius 2 is 1.81 bits per heavy atom. The fourth-order valence-corrected chi connectivity index (χ4v) is 6.17. The molecule has 1 aromatic carbocycles. The second-order valence-corrected chi connectivity index (χ2v) is 19.8. The molecule has 0 saturated heterocycles. The highest BCUT2D eigenvalue weighted by Crippen LogP contribution is 2.36. The molecule has 1 heterocycles. The van der Waals surface area contributed by atoms with Crippen LogP contribution in [0.1, 0.15) is 76.0 Å². The fraction of sp³-hybridized carbons (Fsp3) is 0.656. The van der Waals surface area contributed by atoms with Crippen LogP contribution in [0.2, 0.25) is 18.1 Å². The van der Waals surface area contributed by atoms with Gasteiger partial charge < -0.3 is 24.1 Å². The minimum atomic E-state index is -1.84. The van der Waals surface area contributed by atoms with Crippen LogP contribution in [0.25, 0.3) is 0 Å². The van der Waals surface area contributed by atoms with Crippen molar-refractivity contribution in [2.45, 2.75) is 111 Å². The lowest BCUT2D eigenvalue weighted by Crippen LogP contribution is -2.44. The zero-order valence-electron chi connectivity index (χ0n) is 27.3. The Morgan fingerprint density at radius 3 is 2.43 bits per heavy atom. The van der Waals surface area contributed by atoms with Gasteiger partial charge >= 0.3 is 6.09 Å². The van der Waals surface area contributed by atoms with Gasteiger partial charge in [-0.05, 0) is 88.7 Å². The van der Waals surface area contributed by atoms with E-state index in [4.69, 9.17) is 13.9 Å². The highest BCUT2D eigenvalue weighted by Gasteiger charge is 2.38. The maximum atomic E-state index is 14.1. The van der Waals surface area contributed by atoms with Gasteiger partial charge in [0.05, 0.1) is 12.5 Å². The summed E-state index contributed by atoms with van der Waals surface area (Å²) in [6.07, 6.45) is 3.69. The van der Waals surface area contributed by atoms with E-state index in [2.05, 4.69) is 70.1 Å². The molecular weight excluding hydrogens is 567 g/mol. The molecular formula is C32H51N3O5SSi. The number of carbonyl (C=O) groups excluding carboxylic acids is 2. The van der Waals surface area contributed by atoms with E-state index in [1.54, 1.807) is 6.20 Å². The number of thiazole rings is 1. The largest absolute Gasteiger partial charge is 0.468 e. The quantitative estimate of drug-likeness (QED) is 0.192. The molecule has 0 radical (unpaired) electrons. The predicted octanol–water partition coefficient (Wildman–Crippen LogP) is 7.04. The van der Waals surface area contributed by atoms with Gasteiger partial charge in [0.1, 0.15) is 12.2 Å². The summed E-state index contributed by atoms with van der Waals surface area (Å²) in [5, 5.41) is 3.55. The lowest BCUT2D eigenvalue weighted by molar-refractivity contribution is -0.136. The van der Waals surface area contributed by atoms with Crippen molar-refractivity contribution in [3.8, 4) is 5.19 Å². The van der Waals surface area contributed by atoms with Crippen molar-refractivity contribution in [3.05, 3.63) is 46.0 Å². The Bertz CT molecular complexity index is 1210. The molecule has 3 rings (SSSR count). The molecule has 8 nitrogen and oxygen atoms in total. The molecule has 0 spiro atoms. The van der Waals surface area contributed by atoms with Crippen LogP contribution in [0.4, 0.5) is 4.79 Å². The Morgan fingerprint density at radius 1 is 1.12 bits per heavy atom. The topological polar surface area (TPSA) is 90.0 Å². The number of alkyl carbamates (subject to hydrolysis) is 1. The van der Waals surface area contributed by atoms with Crippen molar-refractivity contribution in [2.75, 3.05) is 19.8 Å². The van der Waals surface area contributed by atoms with Gasteiger partial charge in [-0.3, -0.25) is 4.79 Å². The van der Waals surface area contributed by atoms with Crippen molar-refractivity contribution < 1.29 is 23.5 Å². The van der Waals surface area contributed by atoms with E-state index in [0.29, 0.717) is 31.4 Å². The Balaban J connectivity index is 1.70. The Labute approximate surface area is 257 Å². The third-order valence-corrected chi connectivity index (χ3v) is 13.6. The third-order valence-electron chi connectivity index (χ3n) is 8.13. The van der Waals surface area contributed by atoms with Crippen LogP contribution in [0, 0.1) is 19.8 Å². The molecule has 42 heavy (non-hydrogen) atoms.